The Hall–Kier alpha value is -13.1. The van der Waals surface area contributed by atoms with E-state index in [1.165, 1.54) is 62.2 Å². The lowest BCUT2D eigenvalue weighted by Gasteiger charge is -2.47. The lowest BCUT2D eigenvalue weighted by atomic mass is 9.30. The van der Waals surface area contributed by atoms with Gasteiger partial charge in [0, 0.05) is 110 Å². The minimum absolute atomic E-state index is 0.244. The van der Waals surface area contributed by atoms with Crippen molar-refractivity contribution in [2.75, 3.05) is 24.5 Å². The Balaban J connectivity index is 0.881. The first-order chi connectivity index (χ1) is 52.6. The number of para-hydroxylation sites is 7. The highest BCUT2D eigenvalue weighted by Crippen LogP contribution is 2.56. The van der Waals surface area contributed by atoms with E-state index in [0.717, 1.165) is 130 Å². The monoisotopic (exact) mass is 1390 g/mol. The molecule has 106 heavy (non-hydrogen) atoms. The van der Waals surface area contributed by atoms with Crippen LogP contribution in [0.4, 0.5) is 85.3 Å². The molecule has 0 spiro atoms. The molecule has 0 radical (unpaired) electrons. The van der Waals surface area contributed by atoms with Crippen molar-refractivity contribution in [1.29, 1.82) is 0 Å². The number of thiophene rings is 2. The van der Waals surface area contributed by atoms with E-state index in [-0.39, 0.29) is 13.4 Å². The summed E-state index contributed by atoms with van der Waals surface area (Å²) in [5.41, 5.74) is 27.6. The molecule has 0 aliphatic carbocycles. The van der Waals surface area contributed by atoms with Gasteiger partial charge in [0.05, 0.1) is 33.1 Å². The van der Waals surface area contributed by atoms with Crippen molar-refractivity contribution in [3.8, 4) is 33.8 Å². The lowest BCUT2D eigenvalue weighted by Crippen LogP contribution is -2.64. The summed E-state index contributed by atoms with van der Waals surface area (Å²) in [5.74, 6) is 1.66. The summed E-state index contributed by atoms with van der Waals surface area (Å²) in [6.07, 6.45) is 0. The Kier molecular flexibility index (Phi) is 13.8. The highest BCUT2D eigenvalue weighted by Gasteiger charge is 2.49. The molecule has 0 amide bonds. The number of ether oxygens (including phenoxy) is 1. The first-order valence-electron chi connectivity index (χ1n) is 36.3. The normalized spacial score (nSPS) is 12.9. The molecular formula is C96H61B2N5OS2. The van der Waals surface area contributed by atoms with Crippen molar-refractivity contribution in [2.24, 2.45) is 0 Å². The number of anilines is 15. The van der Waals surface area contributed by atoms with Gasteiger partial charge in [0.25, 0.3) is 13.4 Å². The van der Waals surface area contributed by atoms with Gasteiger partial charge in [0.15, 0.2) is 0 Å². The molecule has 22 rings (SSSR count). The molecule has 6 nitrogen and oxygen atoms in total. The van der Waals surface area contributed by atoms with E-state index >= 15 is 0 Å². The molecule has 18 aromatic rings. The molecule has 0 saturated carbocycles. The minimum Gasteiger partial charge on any atom is -0.458 e. The number of nitrogens with zero attached hydrogens (tertiary/aromatic N) is 5. The van der Waals surface area contributed by atoms with E-state index in [2.05, 4.69) is 395 Å². The van der Waals surface area contributed by atoms with Gasteiger partial charge in [0.2, 0.25) is 0 Å². The van der Waals surface area contributed by atoms with Crippen LogP contribution >= 0.6 is 22.7 Å². The largest absolute Gasteiger partial charge is 0.458 e. The Bertz CT molecular complexity index is 6460. The van der Waals surface area contributed by atoms with Gasteiger partial charge in [-0.2, -0.15) is 0 Å². The van der Waals surface area contributed by atoms with Gasteiger partial charge in [-0.3, -0.25) is 0 Å². The Labute approximate surface area is 623 Å². The van der Waals surface area contributed by atoms with Gasteiger partial charge < -0.3 is 29.2 Å². The van der Waals surface area contributed by atoms with Gasteiger partial charge >= 0.3 is 0 Å². The summed E-state index contributed by atoms with van der Waals surface area (Å²) in [4.78, 5) is 12.8. The summed E-state index contributed by atoms with van der Waals surface area (Å²) in [5, 5.41) is 4.97. The maximum Gasteiger partial charge on any atom is 0.256 e. The summed E-state index contributed by atoms with van der Waals surface area (Å²) in [6.45, 7) is -0.522. The predicted molar refractivity (Wildman–Crippen MR) is 452 cm³/mol. The first-order valence-corrected chi connectivity index (χ1v) is 37.9. The van der Waals surface area contributed by atoms with Gasteiger partial charge in [-0.15, -0.1) is 22.7 Å². The van der Waals surface area contributed by atoms with Crippen LogP contribution in [-0.2, 0) is 0 Å². The topological polar surface area (TPSA) is 25.4 Å². The second kappa shape index (κ2) is 24.3. The molecule has 4 aliphatic heterocycles. The fourth-order valence-electron chi connectivity index (χ4n) is 17.7. The van der Waals surface area contributed by atoms with E-state index in [0.29, 0.717) is 0 Å². The summed E-state index contributed by atoms with van der Waals surface area (Å²) in [7, 11) is 0. The van der Waals surface area contributed by atoms with Crippen LogP contribution in [0.15, 0.2) is 370 Å². The molecule has 6 heterocycles. The van der Waals surface area contributed by atoms with Crippen molar-refractivity contribution in [3.63, 3.8) is 0 Å². The number of benzene rings is 16. The van der Waals surface area contributed by atoms with Crippen molar-refractivity contribution >= 4 is 195 Å². The second-order valence-electron chi connectivity index (χ2n) is 27.8. The molecule has 2 aromatic heterocycles. The van der Waals surface area contributed by atoms with Gasteiger partial charge in [-0.25, -0.2) is 0 Å². The third kappa shape index (κ3) is 9.31. The highest BCUT2D eigenvalue weighted by atomic mass is 32.1. The van der Waals surface area contributed by atoms with E-state index in [9.17, 15) is 0 Å². The molecule has 10 heteroatoms. The maximum absolute atomic E-state index is 7.63. The Morgan fingerprint density at radius 2 is 0.755 bits per heavy atom. The Morgan fingerprint density at radius 3 is 1.43 bits per heavy atom. The number of hydrogen-bond acceptors (Lipinski definition) is 8. The standard InChI is InChI=1S/C96H61B2N5OS2/c1-7-30-62(31-8-1)70-44-27-45-71(63-32-9-2-10-33-63)95(70)103-83-61-82-77(60-78(83)98-76-48-22-24-52-87(76)104-88-59-69(58-86(103)94(88)98)100(66-38-15-5-16-39-66)81-51-28-46-73-72-42-19-25-53-89(72)106-96(73)81)97-75-47-21-23-49-79(75)102(80-50-29-55-91-92(80)74-43-20-26-54-90(74)105-91)85-57-68(56-84(93(85)97)101(82)67-40-17-6-18-41-67)99(64-34-11-3-12-35-64)65-36-13-4-14-37-65/h1-61H. The van der Waals surface area contributed by atoms with E-state index in [1.807, 2.05) is 22.7 Å². The summed E-state index contributed by atoms with van der Waals surface area (Å²) >= 11 is 3.71. The van der Waals surface area contributed by atoms with Crippen LogP contribution < -0.4 is 62.0 Å². The highest BCUT2D eigenvalue weighted by molar-refractivity contribution is 7.26. The summed E-state index contributed by atoms with van der Waals surface area (Å²) < 4.78 is 12.6. The Morgan fingerprint density at radius 1 is 0.274 bits per heavy atom. The van der Waals surface area contributed by atoms with Gasteiger partial charge in [-0.1, -0.05) is 249 Å². The second-order valence-corrected chi connectivity index (χ2v) is 29.9. The summed E-state index contributed by atoms with van der Waals surface area (Å²) in [6, 6.07) is 137. The zero-order valence-corrected chi connectivity index (χ0v) is 59.0. The fraction of sp³-hybridized carbons (Fsp3) is 0. The molecule has 0 fully saturated rings. The molecule has 0 N–H and O–H groups in total. The van der Waals surface area contributed by atoms with Crippen molar-refractivity contribution < 1.29 is 4.74 Å². The minimum atomic E-state index is -0.278. The molecule has 0 saturated heterocycles. The van der Waals surface area contributed by atoms with Crippen LogP contribution in [0.3, 0.4) is 0 Å². The van der Waals surface area contributed by atoms with Gasteiger partial charge in [-0.05, 0) is 159 Å². The van der Waals surface area contributed by atoms with Crippen LogP contribution in [0.5, 0.6) is 11.5 Å². The number of fused-ring (bicyclic) bond motifs is 14. The number of hydrogen-bond donors (Lipinski definition) is 0. The quantitative estimate of drug-likeness (QED) is 0.120. The smallest absolute Gasteiger partial charge is 0.256 e. The van der Waals surface area contributed by atoms with Crippen molar-refractivity contribution in [3.05, 3.63) is 370 Å². The molecule has 4 aliphatic rings. The SMILES string of the molecule is c1ccc(-c2cccc(-c3ccccc3)c2N2c3cc4c(cc3B3c5ccccc5Oc5cc(N(c6ccccc6)c6cccc7c6sc6ccccc67)cc2c53)B2c3ccccc3N(c3cccc5sc6ccccc6c35)c3cc(N(c5ccccc5)c5ccccc5)cc(c32)N4c2ccccc2)cc1. The van der Waals surface area contributed by atoms with Crippen LogP contribution in [0.1, 0.15) is 0 Å². The molecule has 0 atom stereocenters. The van der Waals surface area contributed by atoms with Crippen molar-refractivity contribution in [1.82, 2.24) is 0 Å². The van der Waals surface area contributed by atoms with Crippen LogP contribution in [-0.4, -0.2) is 13.4 Å². The lowest BCUT2D eigenvalue weighted by molar-refractivity contribution is 0.487. The molecule has 494 valence electrons. The van der Waals surface area contributed by atoms with Crippen LogP contribution in [0, 0.1) is 0 Å². The molecular weight excluding hydrogens is 1320 g/mol. The predicted octanol–water partition coefficient (Wildman–Crippen LogP) is 23.2. The average Bonchev–Trinajstić information content (AvgIpc) is 0.804. The average molecular weight is 1390 g/mol. The van der Waals surface area contributed by atoms with E-state index in [1.54, 1.807) is 0 Å². The van der Waals surface area contributed by atoms with E-state index in [4.69, 9.17) is 4.74 Å². The molecule has 16 aromatic carbocycles. The maximum atomic E-state index is 7.63. The first kappa shape index (κ1) is 60.5. The third-order valence-electron chi connectivity index (χ3n) is 22.0. The van der Waals surface area contributed by atoms with Crippen molar-refractivity contribution in [2.45, 2.75) is 0 Å². The van der Waals surface area contributed by atoms with Crippen LogP contribution in [0.2, 0.25) is 0 Å². The fourth-order valence-corrected chi connectivity index (χ4v) is 20.0. The molecule has 0 unspecified atom stereocenters. The zero-order chi connectivity index (χ0) is 69.5. The zero-order valence-electron chi connectivity index (χ0n) is 57.3. The van der Waals surface area contributed by atoms with Crippen LogP contribution in [0.25, 0.3) is 62.6 Å². The van der Waals surface area contributed by atoms with E-state index < -0.39 is 0 Å². The molecule has 0 bridgehead atoms. The third-order valence-corrected chi connectivity index (χ3v) is 24.3. The van der Waals surface area contributed by atoms with Gasteiger partial charge in [0.1, 0.15) is 11.5 Å². The number of rotatable bonds is 11.